The molecule has 1 aliphatic carbocycles. The van der Waals surface area contributed by atoms with Crippen molar-refractivity contribution in [1.29, 1.82) is 0 Å². The molecule has 0 bridgehead atoms. The zero-order chi connectivity index (χ0) is 10.5. The third kappa shape index (κ3) is 2.70. The smallest absolute Gasteiger partial charge is 0.0226 e. The number of nitrogens with zero attached hydrogens (tertiary/aromatic N) is 1. The molecule has 0 spiro atoms. The van der Waals surface area contributed by atoms with Gasteiger partial charge in [0.1, 0.15) is 0 Å². The topological polar surface area (TPSA) is 3.24 Å². The van der Waals surface area contributed by atoms with E-state index in [9.17, 15) is 0 Å². The zero-order valence-corrected chi connectivity index (χ0v) is 10.4. The van der Waals surface area contributed by atoms with E-state index in [-0.39, 0.29) is 0 Å². The molecule has 0 atom stereocenters. The first kappa shape index (κ1) is 13.0. The Hall–Kier alpha value is -0.0400. The van der Waals surface area contributed by atoms with Crippen molar-refractivity contribution in [3.8, 4) is 0 Å². The molecule has 1 aliphatic rings. The molecule has 0 heterocycles. The van der Waals surface area contributed by atoms with Crippen LogP contribution in [0, 0.1) is 5.92 Å². The highest BCUT2D eigenvalue weighted by molar-refractivity contribution is 4.94. The monoisotopic (exact) mass is 185 g/mol. The van der Waals surface area contributed by atoms with Gasteiger partial charge < -0.3 is 4.90 Å². The summed E-state index contributed by atoms with van der Waals surface area (Å²) in [4.78, 5) is 2.44. The Morgan fingerprint density at radius 1 is 1.00 bits per heavy atom. The predicted octanol–water partition coefficient (Wildman–Crippen LogP) is 3.54. The summed E-state index contributed by atoms with van der Waals surface area (Å²) in [6.45, 7) is 8.70. The minimum atomic E-state index is 0.528. The lowest BCUT2D eigenvalue weighted by Gasteiger charge is -2.40. The first-order valence-electron chi connectivity index (χ1n) is 5.77. The minimum absolute atomic E-state index is 0.528. The summed E-state index contributed by atoms with van der Waals surface area (Å²) in [5.74, 6) is 0.806. The molecule has 13 heavy (non-hydrogen) atoms. The van der Waals surface area contributed by atoms with E-state index in [1.165, 1.54) is 25.7 Å². The molecule has 0 aromatic heterocycles. The van der Waals surface area contributed by atoms with Crippen molar-refractivity contribution in [1.82, 2.24) is 4.90 Å². The quantitative estimate of drug-likeness (QED) is 0.636. The Balaban J connectivity index is 0.000000671. The lowest BCUT2D eigenvalue weighted by molar-refractivity contribution is 0.102. The van der Waals surface area contributed by atoms with Crippen LogP contribution in [-0.4, -0.2) is 24.5 Å². The van der Waals surface area contributed by atoms with Gasteiger partial charge in [0.2, 0.25) is 0 Å². The average Bonchev–Trinajstić information content (AvgIpc) is 2.56. The second kappa shape index (κ2) is 5.64. The van der Waals surface area contributed by atoms with Gasteiger partial charge in [0.05, 0.1) is 0 Å². The normalized spacial score (nSPS) is 20.3. The van der Waals surface area contributed by atoms with Gasteiger partial charge in [0.15, 0.2) is 0 Å². The summed E-state index contributed by atoms with van der Waals surface area (Å²) in [6.07, 6.45) is 5.65. The fraction of sp³-hybridized carbons (Fsp3) is 1.00. The summed E-state index contributed by atoms with van der Waals surface area (Å²) in [5.41, 5.74) is 0.528. The molecule has 1 nitrogen and oxygen atoms in total. The third-order valence-electron chi connectivity index (χ3n) is 3.43. The highest BCUT2D eigenvalue weighted by Gasteiger charge is 2.38. The SMILES string of the molecule is CC.CC(C)C1(N(C)C)CCCC1. The molecule has 0 unspecified atom stereocenters. The van der Waals surface area contributed by atoms with Gasteiger partial charge in [0, 0.05) is 5.54 Å². The maximum Gasteiger partial charge on any atom is 0.0226 e. The molecule has 80 valence electrons. The summed E-state index contributed by atoms with van der Waals surface area (Å²) >= 11 is 0. The van der Waals surface area contributed by atoms with Crippen LogP contribution in [0.15, 0.2) is 0 Å². The summed E-state index contributed by atoms with van der Waals surface area (Å²) < 4.78 is 0. The molecule has 0 N–H and O–H groups in total. The predicted molar refractivity (Wildman–Crippen MR) is 61.1 cm³/mol. The summed E-state index contributed by atoms with van der Waals surface area (Å²) in [5, 5.41) is 0. The van der Waals surface area contributed by atoms with Crippen molar-refractivity contribution in [2.45, 2.75) is 58.9 Å². The highest BCUT2D eigenvalue weighted by Crippen LogP contribution is 2.39. The second-order valence-corrected chi connectivity index (χ2v) is 4.36. The van der Waals surface area contributed by atoms with E-state index in [4.69, 9.17) is 0 Å². The molecule has 0 aromatic carbocycles. The van der Waals surface area contributed by atoms with E-state index in [1.54, 1.807) is 0 Å². The average molecular weight is 185 g/mol. The van der Waals surface area contributed by atoms with Crippen molar-refractivity contribution in [3.05, 3.63) is 0 Å². The van der Waals surface area contributed by atoms with Crippen molar-refractivity contribution in [2.24, 2.45) is 5.92 Å². The molecule has 0 radical (unpaired) electrons. The molecule has 0 aliphatic heterocycles. The van der Waals surface area contributed by atoms with Crippen LogP contribution in [0.25, 0.3) is 0 Å². The fourth-order valence-corrected chi connectivity index (χ4v) is 2.53. The van der Waals surface area contributed by atoms with E-state index in [2.05, 4.69) is 32.8 Å². The maximum absolute atomic E-state index is 2.44. The van der Waals surface area contributed by atoms with E-state index in [1.807, 2.05) is 13.8 Å². The summed E-state index contributed by atoms with van der Waals surface area (Å²) in [6, 6.07) is 0. The van der Waals surface area contributed by atoms with Crippen LogP contribution in [0.1, 0.15) is 53.4 Å². The molecule has 1 rings (SSSR count). The van der Waals surface area contributed by atoms with Gasteiger partial charge in [0.25, 0.3) is 0 Å². The number of hydrogen-bond donors (Lipinski definition) is 0. The van der Waals surface area contributed by atoms with Crippen LogP contribution in [0.2, 0.25) is 0 Å². The van der Waals surface area contributed by atoms with E-state index in [0.29, 0.717) is 5.54 Å². The second-order valence-electron chi connectivity index (χ2n) is 4.36. The lowest BCUT2D eigenvalue weighted by Crippen LogP contribution is -2.46. The summed E-state index contributed by atoms with van der Waals surface area (Å²) in [7, 11) is 4.46. The van der Waals surface area contributed by atoms with Crippen molar-refractivity contribution >= 4 is 0 Å². The third-order valence-corrected chi connectivity index (χ3v) is 3.43. The van der Waals surface area contributed by atoms with Gasteiger partial charge in [-0.2, -0.15) is 0 Å². The molecule has 1 saturated carbocycles. The Labute approximate surface area is 84.5 Å². The number of rotatable bonds is 2. The van der Waals surface area contributed by atoms with Crippen molar-refractivity contribution in [3.63, 3.8) is 0 Å². The highest BCUT2D eigenvalue weighted by atomic mass is 15.2. The van der Waals surface area contributed by atoms with Gasteiger partial charge in [-0.15, -0.1) is 0 Å². The van der Waals surface area contributed by atoms with Crippen LogP contribution in [0.5, 0.6) is 0 Å². The standard InChI is InChI=1S/C10H21N.C2H6/c1-9(2)10(11(3)4)7-5-6-8-10;1-2/h9H,5-8H2,1-4H3;1-2H3. The van der Waals surface area contributed by atoms with Crippen molar-refractivity contribution < 1.29 is 0 Å². The largest absolute Gasteiger partial charge is 0.303 e. The zero-order valence-electron chi connectivity index (χ0n) is 10.4. The Bertz CT molecular complexity index is 111. The van der Waals surface area contributed by atoms with Gasteiger partial charge in [-0.1, -0.05) is 40.5 Å². The first-order valence-corrected chi connectivity index (χ1v) is 5.77. The number of hydrogen-bond acceptors (Lipinski definition) is 1. The molecule has 1 heteroatoms. The lowest BCUT2D eigenvalue weighted by atomic mass is 9.84. The molecular weight excluding hydrogens is 158 g/mol. The van der Waals surface area contributed by atoms with Crippen LogP contribution < -0.4 is 0 Å². The van der Waals surface area contributed by atoms with Crippen LogP contribution in [-0.2, 0) is 0 Å². The van der Waals surface area contributed by atoms with E-state index < -0.39 is 0 Å². The van der Waals surface area contributed by atoms with Gasteiger partial charge in [-0.25, -0.2) is 0 Å². The van der Waals surface area contributed by atoms with E-state index >= 15 is 0 Å². The Morgan fingerprint density at radius 3 is 1.54 bits per heavy atom. The molecule has 0 aromatic rings. The van der Waals surface area contributed by atoms with Crippen LogP contribution in [0.3, 0.4) is 0 Å². The Kier molecular flexibility index (Phi) is 5.62. The molecule has 0 saturated heterocycles. The van der Waals surface area contributed by atoms with Gasteiger partial charge >= 0.3 is 0 Å². The molecule has 0 amide bonds. The van der Waals surface area contributed by atoms with Gasteiger partial charge in [-0.05, 0) is 32.9 Å². The van der Waals surface area contributed by atoms with Crippen molar-refractivity contribution in [2.75, 3.05) is 14.1 Å². The van der Waals surface area contributed by atoms with Gasteiger partial charge in [-0.3, -0.25) is 0 Å². The van der Waals surface area contributed by atoms with E-state index in [0.717, 1.165) is 5.92 Å². The molecule has 1 fully saturated rings. The van der Waals surface area contributed by atoms with Crippen LogP contribution in [0.4, 0.5) is 0 Å². The Morgan fingerprint density at radius 2 is 1.38 bits per heavy atom. The molecular formula is C12H27N. The minimum Gasteiger partial charge on any atom is -0.303 e. The fourth-order valence-electron chi connectivity index (χ4n) is 2.53. The van der Waals surface area contributed by atoms with Crippen LogP contribution >= 0.6 is 0 Å². The maximum atomic E-state index is 2.44. The first-order chi connectivity index (χ1) is 6.09.